The van der Waals surface area contributed by atoms with Crippen LogP contribution in [0, 0.1) is 13.8 Å². The van der Waals surface area contributed by atoms with Gasteiger partial charge in [0.2, 0.25) is 0 Å². The molecule has 2 amide bonds. The van der Waals surface area contributed by atoms with Gasteiger partial charge in [0.1, 0.15) is 40.5 Å². The first-order chi connectivity index (χ1) is 27.0. The Bertz CT molecular complexity index is 3030. The maximum atomic E-state index is 12.8. The standard InChI is InChI=1S/C35H28N6O13S4.4Li/c1-19-13-21(9-11-29(19)40-38-23-15-27-25(33(17-23)57(49,50)51)5-3-7-31(27)55(43,44)45)36-35(42)37-22-10-12-30(20(2)14-22)41-39-24-16-28-26(34(18-24)58(52,53)54)6-4-8-32(28)56(46,47)48;;;;/h3-18H,1-2H3,(H2,36,37,42)(H,43,44,45)(H,46,47,48)(H,49,50,51)(H,52,53,54);;;;/q;4*+1/p-4. The van der Waals surface area contributed by atoms with Crippen LogP contribution in [0.4, 0.5) is 38.9 Å². The molecule has 0 fully saturated rings. The fraction of sp³-hybridized carbons (Fsp3) is 0.0571. The molecule has 0 bridgehead atoms. The van der Waals surface area contributed by atoms with Gasteiger partial charge in [-0.2, -0.15) is 20.5 Å². The summed E-state index contributed by atoms with van der Waals surface area (Å²) in [4.78, 5) is 9.76. The number of benzene rings is 6. The molecule has 0 saturated heterocycles. The van der Waals surface area contributed by atoms with E-state index < -0.39 is 66.1 Å². The van der Waals surface area contributed by atoms with Gasteiger partial charge in [-0.3, -0.25) is 0 Å². The zero-order valence-electron chi connectivity index (χ0n) is 33.5. The van der Waals surface area contributed by atoms with Crippen LogP contribution < -0.4 is 86.1 Å². The minimum Gasteiger partial charge on any atom is -0.744 e. The van der Waals surface area contributed by atoms with Crippen molar-refractivity contribution in [1.29, 1.82) is 0 Å². The Morgan fingerprint density at radius 3 is 1.08 bits per heavy atom. The van der Waals surface area contributed by atoms with Gasteiger partial charge in [0.05, 0.1) is 42.3 Å². The van der Waals surface area contributed by atoms with Crippen LogP contribution in [0.5, 0.6) is 0 Å². The number of carbonyl (C=O) groups is 1. The third-order valence-corrected chi connectivity index (χ3v) is 11.9. The summed E-state index contributed by atoms with van der Waals surface area (Å²) in [5.41, 5.74) is 1.61. The maximum absolute atomic E-state index is 12.8. The minimum atomic E-state index is -5.13. The summed E-state index contributed by atoms with van der Waals surface area (Å²) >= 11 is 0. The topological polar surface area (TPSA) is 319 Å². The first-order valence-corrected chi connectivity index (χ1v) is 21.7. The van der Waals surface area contributed by atoms with E-state index >= 15 is 0 Å². The summed E-state index contributed by atoms with van der Waals surface area (Å²) in [7, 11) is -20.4. The van der Waals surface area contributed by atoms with E-state index in [-0.39, 0.29) is 120 Å². The molecule has 0 saturated carbocycles. The van der Waals surface area contributed by atoms with Crippen LogP contribution in [0.2, 0.25) is 0 Å². The number of carbonyl (C=O) groups excluding carboxylic acids is 1. The monoisotopic (exact) mass is 892 g/mol. The number of azo groups is 2. The van der Waals surface area contributed by atoms with Gasteiger partial charge in [-0.25, -0.2) is 38.5 Å². The predicted octanol–water partition coefficient (Wildman–Crippen LogP) is -5.28. The second kappa shape index (κ2) is 20.9. The Balaban J connectivity index is 0.00000331. The van der Waals surface area contributed by atoms with E-state index in [2.05, 4.69) is 31.1 Å². The third kappa shape index (κ3) is 12.7. The molecular weight excluding hydrogens is 868 g/mol. The van der Waals surface area contributed by atoms with E-state index in [0.717, 1.165) is 48.5 Å². The Kier molecular flexibility index (Phi) is 18.4. The number of amides is 2. The summed E-state index contributed by atoms with van der Waals surface area (Å²) in [5, 5.41) is 20.1. The molecular formula is C35H24Li4N6O13S4. The maximum Gasteiger partial charge on any atom is 1.00 e. The molecule has 19 nitrogen and oxygen atoms in total. The number of aryl methyl sites for hydroxylation is 2. The van der Waals surface area contributed by atoms with Gasteiger partial charge in [0.25, 0.3) is 0 Å². The van der Waals surface area contributed by atoms with Crippen molar-refractivity contribution in [2.45, 2.75) is 33.4 Å². The number of fused-ring (bicyclic) bond motifs is 2. The van der Waals surface area contributed by atoms with Gasteiger partial charge in [-0.15, -0.1) is 0 Å². The number of hydrogen-bond acceptors (Lipinski definition) is 17. The van der Waals surface area contributed by atoms with E-state index in [0.29, 0.717) is 22.5 Å². The molecule has 0 atom stereocenters. The van der Waals surface area contributed by atoms with Crippen LogP contribution in [-0.2, 0) is 40.5 Å². The van der Waals surface area contributed by atoms with Gasteiger partial charge in [0.15, 0.2) is 0 Å². The molecule has 0 spiro atoms. The second-order valence-electron chi connectivity index (χ2n) is 12.4. The number of hydrogen-bond donors (Lipinski definition) is 2. The van der Waals surface area contributed by atoms with Gasteiger partial charge >= 0.3 is 81.5 Å². The van der Waals surface area contributed by atoms with E-state index in [1.54, 1.807) is 13.8 Å². The first-order valence-electron chi connectivity index (χ1n) is 16.1. The Hall–Kier alpha value is -3.66. The molecule has 300 valence electrons. The van der Waals surface area contributed by atoms with Crippen molar-refractivity contribution in [1.82, 2.24) is 0 Å². The molecule has 0 unspecified atom stereocenters. The third-order valence-electron chi connectivity index (χ3n) is 8.34. The van der Waals surface area contributed by atoms with Crippen molar-refractivity contribution in [2.75, 3.05) is 10.6 Å². The normalized spacial score (nSPS) is 12.0. The van der Waals surface area contributed by atoms with Crippen molar-refractivity contribution in [3.63, 3.8) is 0 Å². The fourth-order valence-electron chi connectivity index (χ4n) is 5.79. The Labute approximate surface area is 403 Å². The molecule has 0 aliphatic carbocycles. The summed E-state index contributed by atoms with van der Waals surface area (Å²) in [6, 6.07) is 18.8. The summed E-state index contributed by atoms with van der Waals surface area (Å²) in [6.45, 7) is 3.24. The first kappa shape index (κ1) is 54.5. The van der Waals surface area contributed by atoms with Crippen molar-refractivity contribution in [3.8, 4) is 0 Å². The molecule has 2 N–H and O–H groups in total. The summed E-state index contributed by atoms with van der Waals surface area (Å²) < 4.78 is 143. The quantitative estimate of drug-likeness (QED) is 0.0739. The van der Waals surface area contributed by atoms with Crippen LogP contribution in [0.15, 0.2) is 137 Å². The van der Waals surface area contributed by atoms with Gasteiger partial charge < -0.3 is 28.8 Å². The number of nitrogens with zero attached hydrogens (tertiary/aromatic N) is 4. The van der Waals surface area contributed by atoms with E-state index in [4.69, 9.17) is 0 Å². The second-order valence-corrected chi connectivity index (χ2v) is 17.8. The van der Waals surface area contributed by atoms with Crippen LogP contribution in [-0.4, -0.2) is 57.9 Å². The molecule has 6 rings (SSSR count). The number of anilines is 2. The van der Waals surface area contributed by atoms with Gasteiger partial charge in [-0.1, -0.05) is 24.3 Å². The fourth-order valence-corrected chi connectivity index (χ4v) is 8.58. The molecule has 0 radical (unpaired) electrons. The van der Waals surface area contributed by atoms with Crippen molar-refractivity contribution in [3.05, 3.63) is 108 Å². The summed E-state index contributed by atoms with van der Waals surface area (Å²) in [5.74, 6) is 0. The molecule has 27 heteroatoms. The van der Waals surface area contributed by atoms with E-state index in [1.165, 1.54) is 48.5 Å². The molecule has 0 aliphatic rings. The predicted molar refractivity (Wildman–Crippen MR) is 203 cm³/mol. The van der Waals surface area contributed by atoms with Crippen LogP contribution in [0.1, 0.15) is 11.1 Å². The van der Waals surface area contributed by atoms with Crippen molar-refractivity contribution in [2.24, 2.45) is 20.5 Å². The average molecular weight is 893 g/mol. The van der Waals surface area contributed by atoms with Crippen LogP contribution in [0.3, 0.4) is 0 Å². The van der Waals surface area contributed by atoms with Crippen LogP contribution >= 0.6 is 0 Å². The molecule has 0 aromatic heterocycles. The number of nitrogens with one attached hydrogen (secondary N) is 2. The van der Waals surface area contributed by atoms with Gasteiger partial charge in [0, 0.05) is 32.9 Å². The largest absolute Gasteiger partial charge is 1.00 e. The number of rotatable bonds is 10. The van der Waals surface area contributed by atoms with Crippen molar-refractivity contribution < 1.29 is 132 Å². The minimum absolute atomic E-state index is 0. The zero-order chi connectivity index (χ0) is 42.4. The van der Waals surface area contributed by atoms with Crippen molar-refractivity contribution >= 4 is 102 Å². The molecule has 0 heterocycles. The zero-order valence-corrected chi connectivity index (χ0v) is 36.7. The van der Waals surface area contributed by atoms with Gasteiger partial charge in [-0.05, 0) is 97.8 Å². The molecule has 0 aliphatic heterocycles. The average Bonchev–Trinajstić information content (AvgIpc) is 3.11. The van der Waals surface area contributed by atoms with Crippen LogP contribution in [0.25, 0.3) is 21.5 Å². The molecule has 6 aromatic rings. The SMILES string of the molecule is Cc1cc(NC(=O)Nc2ccc(N=Nc3cc(S(=O)(=O)[O-])c4cccc(S(=O)(=O)[O-])c4c3)c(C)c2)ccc1N=Nc1cc(S(=O)(=O)[O-])c2cccc(S(=O)(=O)[O-])c2c1.[Li+].[Li+].[Li+].[Li+]. The van der Waals surface area contributed by atoms with E-state index in [1.807, 2.05) is 0 Å². The smallest absolute Gasteiger partial charge is 0.744 e. The Morgan fingerprint density at radius 1 is 0.435 bits per heavy atom. The molecule has 6 aromatic carbocycles. The number of urea groups is 1. The molecule has 62 heavy (non-hydrogen) atoms. The Morgan fingerprint density at radius 2 is 0.774 bits per heavy atom. The summed E-state index contributed by atoms with van der Waals surface area (Å²) in [6.07, 6.45) is 0. The van der Waals surface area contributed by atoms with E-state index in [9.17, 15) is 56.7 Å².